The molecule has 0 bridgehead atoms. The van der Waals surface area contributed by atoms with Gasteiger partial charge in [-0.1, -0.05) is 20.8 Å². The highest BCUT2D eigenvalue weighted by molar-refractivity contribution is 6.74. The lowest BCUT2D eigenvalue weighted by Gasteiger charge is -2.46. The Morgan fingerprint density at radius 3 is 2.40 bits per heavy atom. The van der Waals surface area contributed by atoms with Crippen molar-refractivity contribution >= 4 is 14.1 Å². The van der Waals surface area contributed by atoms with Crippen molar-refractivity contribution in [1.82, 2.24) is 0 Å². The molecule has 1 spiro atoms. The van der Waals surface area contributed by atoms with Crippen molar-refractivity contribution in [3.63, 3.8) is 0 Å². The Balaban J connectivity index is 2.02. The zero-order valence-electron chi connectivity index (χ0n) is 13.9. The van der Waals surface area contributed by atoms with Gasteiger partial charge in [-0.25, -0.2) is 0 Å². The number of rotatable bonds is 2. The number of ketones is 1. The van der Waals surface area contributed by atoms with E-state index in [9.17, 15) is 4.79 Å². The zero-order chi connectivity index (χ0) is 15.2. The minimum absolute atomic E-state index is 0.0277. The van der Waals surface area contributed by atoms with Crippen LogP contribution in [0.5, 0.6) is 0 Å². The molecule has 2 aliphatic rings. The molecule has 1 saturated carbocycles. The number of ether oxygens (including phenoxy) is 1. The molecule has 0 aromatic rings. The van der Waals surface area contributed by atoms with Gasteiger partial charge in [-0.15, -0.1) is 0 Å². The van der Waals surface area contributed by atoms with Crippen molar-refractivity contribution in [2.45, 2.75) is 95.7 Å². The lowest BCUT2D eigenvalue weighted by molar-refractivity contribution is -0.174. The maximum atomic E-state index is 12.1. The number of carbonyl (C=O) groups excluding carboxylic acids is 1. The molecular weight excluding hydrogens is 268 g/mol. The van der Waals surface area contributed by atoms with Gasteiger partial charge in [0.05, 0.1) is 12.2 Å². The third-order valence-electron chi connectivity index (χ3n) is 5.51. The summed E-state index contributed by atoms with van der Waals surface area (Å²) in [5, 5.41) is 0.213. The molecule has 0 amide bonds. The minimum atomic E-state index is -1.77. The maximum Gasteiger partial charge on any atom is 0.192 e. The summed E-state index contributed by atoms with van der Waals surface area (Å²) in [5.41, 5.74) is -0.466. The summed E-state index contributed by atoms with van der Waals surface area (Å²) in [4.78, 5) is 12.1. The number of hydrogen-bond donors (Lipinski definition) is 0. The molecule has 116 valence electrons. The smallest absolute Gasteiger partial charge is 0.192 e. The van der Waals surface area contributed by atoms with E-state index in [1.807, 2.05) is 0 Å². The van der Waals surface area contributed by atoms with Crippen molar-refractivity contribution in [2.75, 3.05) is 0 Å². The first-order valence-corrected chi connectivity index (χ1v) is 10.9. The van der Waals surface area contributed by atoms with Crippen molar-refractivity contribution in [3.8, 4) is 0 Å². The molecule has 0 radical (unpaired) electrons. The topological polar surface area (TPSA) is 35.5 Å². The van der Waals surface area contributed by atoms with Crippen LogP contribution in [0.4, 0.5) is 0 Å². The molecule has 0 aromatic carbocycles. The fourth-order valence-electron chi connectivity index (χ4n) is 3.10. The molecule has 2 rings (SSSR count). The van der Waals surface area contributed by atoms with E-state index in [4.69, 9.17) is 9.16 Å². The van der Waals surface area contributed by atoms with Crippen LogP contribution >= 0.6 is 0 Å². The average molecular weight is 298 g/mol. The Hall–Kier alpha value is -0.193. The second kappa shape index (κ2) is 5.22. The first kappa shape index (κ1) is 16.2. The van der Waals surface area contributed by atoms with Crippen LogP contribution in [0.25, 0.3) is 0 Å². The van der Waals surface area contributed by atoms with Crippen LogP contribution in [0.1, 0.15) is 59.8 Å². The quantitative estimate of drug-likeness (QED) is 0.721. The molecule has 1 heterocycles. The summed E-state index contributed by atoms with van der Waals surface area (Å²) in [6.45, 7) is 13.4. The standard InChI is InChI=1S/C16H30O3Si/c1-12-13(19-20(5,6)15(2,3)4)9-11-16(18-12)10-7-8-14(16)17/h12-13H,7-11H2,1-6H3/t12-,13+,16+/m0/s1. The predicted molar refractivity (Wildman–Crippen MR) is 83.4 cm³/mol. The van der Waals surface area contributed by atoms with Crippen molar-refractivity contribution in [2.24, 2.45) is 0 Å². The van der Waals surface area contributed by atoms with Gasteiger partial charge in [-0.2, -0.15) is 0 Å². The van der Waals surface area contributed by atoms with E-state index in [2.05, 4.69) is 40.8 Å². The summed E-state index contributed by atoms with van der Waals surface area (Å²) in [5.74, 6) is 0.315. The van der Waals surface area contributed by atoms with Gasteiger partial charge in [-0.3, -0.25) is 4.79 Å². The molecule has 1 aliphatic carbocycles. The van der Waals surface area contributed by atoms with E-state index < -0.39 is 13.9 Å². The molecule has 1 saturated heterocycles. The molecule has 2 fully saturated rings. The molecule has 3 nitrogen and oxygen atoms in total. The maximum absolute atomic E-state index is 12.1. The monoisotopic (exact) mass is 298 g/mol. The Labute approximate surface area is 124 Å². The molecule has 0 unspecified atom stereocenters. The van der Waals surface area contributed by atoms with Gasteiger partial charge in [0.25, 0.3) is 0 Å². The van der Waals surface area contributed by atoms with Gasteiger partial charge >= 0.3 is 0 Å². The second-order valence-electron chi connectivity index (χ2n) is 8.05. The molecule has 1 aliphatic heterocycles. The van der Waals surface area contributed by atoms with Crippen LogP contribution in [0.15, 0.2) is 0 Å². The highest BCUT2D eigenvalue weighted by atomic mass is 28.4. The van der Waals surface area contributed by atoms with Gasteiger partial charge in [0.1, 0.15) is 5.60 Å². The van der Waals surface area contributed by atoms with Crippen LogP contribution in [-0.4, -0.2) is 31.9 Å². The van der Waals surface area contributed by atoms with Crippen LogP contribution in [-0.2, 0) is 14.0 Å². The third-order valence-corrected chi connectivity index (χ3v) is 10.0. The van der Waals surface area contributed by atoms with Gasteiger partial charge in [-0.05, 0) is 50.7 Å². The zero-order valence-corrected chi connectivity index (χ0v) is 14.9. The van der Waals surface area contributed by atoms with E-state index in [0.29, 0.717) is 12.2 Å². The van der Waals surface area contributed by atoms with Crippen molar-refractivity contribution < 1.29 is 14.0 Å². The summed E-state index contributed by atoms with van der Waals surface area (Å²) in [6.07, 6.45) is 4.56. The van der Waals surface area contributed by atoms with Gasteiger partial charge in [0, 0.05) is 6.42 Å². The largest absolute Gasteiger partial charge is 0.411 e. The summed E-state index contributed by atoms with van der Waals surface area (Å²) >= 11 is 0. The number of Topliss-reactive ketones (excluding diaryl/α,β-unsaturated/α-hetero) is 1. The van der Waals surface area contributed by atoms with E-state index in [-0.39, 0.29) is 17.2 Å². The number of carbonyl (C=O) groups is 1. The molecule has 3 atom stereocenters. The first-order valence-electron chi connectivity index (χ1n) is 7.96. The summed E-state index contributed by atoms with van der Waals surface area (Å²) in [6, 6.07) is 0. The number of hydrogen-bond acceptors (Lipinski definition) is 3. The van der Waals surface area contributed by atoms with Gasteiger partial charge in [0.15, 0.2) is 14.1 Å². The van der Waals surface area contributed by atoms with E-state index >= 15 is 0 Å². The van der Waals surface area contributed by atoms with Crippen LogP contribution in [0.2, 0.25) is 18.1 Å². The lowest BCUT2D eigenvalue weighted by atomic mass is 9.88. The Morgan fingerprint density at radius 2 is 1.95 bits per heavy atom. The third kappa shape index (κ3) is 2.88. The first-order chi connectivity index (χ1) is 9.07. The van der Waals surface area contributed by atoms with Crippen LogP contribution in [0.3, 0.4) is 0 Å². The molecule has 0 aromatic heterocycles. The van der Waals surface area contributed by atoms with Crippen molar-refractivity contribution in [3.05, 3.63) is 0 Å². The predicted octanol–water partition coefficient (Wildman–Crippen LogP) is 4.07. The molecular formula is C16H30O3Si. The summed E-state index contributed by atoms with van der Waals surface area (Å²) < 4.78 is 12.7. The minimum Gasteiger partial charge on any atom is -0.411 e. The van der Waals surface area contributed by atoms with Crippen LogP contribution in [0, 0.1) is 0 Å². The lowest BCUT2D eigenvalue weighted by Crippen LogP contribution is -2.53. The second-order valence-corrected chi connectivity index (χ2v) is 12.8. The van der Waals surface area contributed by atoms with Crippen LogP contribution < -0.4 is 0 Å². The fourth-order valence-corrected chi connectivity index (χ4v) is 4.52. The van der Waals surface area contributed by atoms with Crippen molar-refractivity contribution in [1.29, 1.82) is 0 Å². The average Bonchev–Trinajstić information content (AvgIpc) is 2.63. The Morgan fingerprint density at radius 1 is 1.30 bits per heavy atom. The Kier molecular flexibility index (Phi) is 4.22. The highest BCUT2D eigenvalue weighted by Crippen LogP contribution is 2.43. The Bertz CT molecular complexity index is 386. The highest BCUT2D eigenvalue weighted by Gasteiger charge is 2.50. The molecule has 0 N–H and O–H groups in total. The SMILES string of the molecule is C[C@@H]1O[C@]2(CCCC2=O)CC[C@H]1O[Si](C)(C)C(C)(C)C. The summed E-state index contributed by atoms with van der Waals surface area (Å²) in [7, 11) is -1.77. The molecule has 20 heavy (non-hydrogen) atoms. The van der Waals surface area contributed by atoms with Gasteiger partial charge in [0.2, 0.25) is 0 Å². The normalized spacial score (nSPS) is 35.8. The van der Waals surface area contributed by atoms with E-state index in [1.54, 1.807) is 0 Å². The van der Waals surface area contributed by atoms with E-state index in [1.165, 1.54) is 0 Å². The molecule has 4 heteroatoms. The van der Waals surface area contributed by atoms with Gasteiger partial charge < -0.3 is 9.16 Å². The van der Waals surface area contributed by atoms with E-state index in [0.717, 1.165) is 25.7 Å². The fraction of sp³-hybridized carbons (Fsp3) is 0.938.